The van der Waals surface area contributed by atoms with Crippen LogP contribution in [0.4, 0.5) is 4.79 Å². The minimum Gasteiger partial charge on any atom is -0.382 e. The van der Waals surface area contributed by atoms with Crippen molar-refractivity contribution in [2.24, 2.45) is 0 Å². The monoisotopic (exact) mass is 461 g/mol. The number of urea groups is 1. The van der Waals surface area contributed by atoms with Crippen molar-refractivity contribution in [3.63, 3.8) is 0 Å². The zero-order valence-corrected chi connectivity index (χ0v) is 19.9. The van der Waals surface area contributed by atoms with Gasteiger partial charge in [0.25, 0.3) is 0 Å². The number of hydrogen-bond acceptors (Lipinski definition) is 7. The summed E-state index contributed by atoms with van der Waals surface area (Å²) in [6.07, 6.45) is 4.40. The molecule has 30 heavy (non-hydrogen) atoms. The van der Waals surface area contributed by atoms with Crippen LogP contribution in [0, 0.1) is 0 Å². The van der Waals surface area contributed by atoms with Crippen LogP contribution in [0.2, 0.25) is 0 Å². The van der Waals surface area contributed by atoms with Crippen molar-refractivity contribution in [2.75, 3.05) is 13.7 Å². The second kappa shape index (κ2) is 8.40. The number of sulfonamides is 1. The number of hydrogen-bond donors (Lipinski definition) is 3. The summed E-state index contributed by atoms with van der Waals surface area (Å²) in [6, 6.07) is -0.0769. The maximum Gasteiger partial charge on any atom is 0.322 e. The number of thioether (sulfide) groups is 1. The van der Waals surface area contributed by atoms with Gasteiger partial charge in [-0.1, -0.05) is 0 Å². The molecule has 0 radical (unpaired) electrons. The van der Waals surface area contributed by atoms with Gasteiger partial charge in [0.2, 0.25) is 10.0 Å². The van der Waals surface area contributed by atoms with Crippen molar-refractivity contribution in [2.45, 2.75) is 99.1 Å². The van der Waals surface area contributed by atoms with E-state index in [4.69, 9.17) is 4.74 Å². The summed E-state index contributed by atoms with van der Waals surface area (Å²) in [4.78, 5) is 17.3. The molecule has 2 amide bonds. The Morgan fingerprint density at radius 1 is 1.30 bits per heavy atom. The molecule has 2 heterocycles. The Morgan fingerprint density at radius 3 is 2.63 bits per heavy atom. The van der Waals surface area contributed by atoms with Crippen molar-refractivity contribution in [1.82, 2.24) is 25.4 Å². The third-order valence-corrected chi connectivity index (χ3v) is 10.2. The average molecular weight is 462 g/mol. The highest BCUT2D eigenvalue weighted by molar-refractivity contribution is 8.00. The van der Waals surface area contributed by atoms with E-state index >= 15 is 0 Å². The molecule has 4 fully saturated rings. The number of rotatable bonds is 8. The molecule has 0 aromatic carbocycles. The summed E-state index contributed by atoms with van der Waals surface area (Å²) >= 11 is 1.65. The predicted octanol–water partition coefficient (Wildman–Crippen LogP) is 1.38. The number of methoxy groups -OCH3 is 1. The second-order valence-electron chi connectivity index (χ2n) is 9.42. The van der Waals surface area contributed by atoms with E-state index in [1.54, 1.807) is 18.9 Å². The lowest BCUT2D eigenvalue weighted by atomic mass is 9.89. The fraction of sp³-hybridized carbons (Fsp3) is 0.947. The van der Waals surface area contributed by atoms with E-state index in [0.717, 1.165) is 19.3 Å². The third kappa shape index (κ3) is 4.47. The van der Waals surface area contributed by atoms with E-state index in [2.05, 4.69) is 15.6 Å². The first kappa shape index (κ1) is 22.6. The molecule has 9 nitrogen and oxygen atoms in total. The number of nitrogens with one attached hydrogen (secondary N) is 3. The molecular weight excluding hydrogens is 426 g/mol. The molecule has 4 rings (SSSR count). The molecule has 4 aliphatic rings. The number of hydrazine groups is 1. The van der Waals surface area contributed by atoms with E-state index < -0.39 is 15.3 Å². The fourth-order valence-electron chi connectivity index (χ4n) is 4.75. The quantitative estimate of drug-likeness (QED) is 0.502. The SMILES string of the molecule is COC(C)CCN1C(=O)N(C2NNC(C)S2)C2CC(S(=O)(=O)NC3(C)CC3)CCC21. The topological polar surface area (TPSA) is 103 Å². The van der Waals surface area contributed by atoms with Gasteiger partial charge < -0.3 is 9.64 Å². The van der Waals surface area contributed by atoms with Crippen LogP contribution in [0.15, 0.2) is 0 Å². The zero-order chi connectivity index (χ0) is 21.7. The number of amides is 2. The fourth-order valence-corrected chi connectivity index (χ4v) is 7.74. The molecule has 0 aromatic rings. The minimum absolute atomic E-state index is 0.00522. The van der Waals surface area contributed by atoms with Crippen LogP contribution in [-0.2, 0) is 14.8 Å². The summed E-state index contributed by atoms with van der Waals surface area (Å²) in [5, 5.41) is -0.274. The first-order chi connectivity index (χ1) is 14.1. The number of carbonyl (C=O) groups excluding carboxylic acids is 1. The Balaban J connectivity index is 1.53. The Kier molecular flexibility index (Phi) is 6.33. The summed E-state index contributed by atoms with van der Waals surface area (Å²) in [7, 11) is -1.73. The van der Waals surface area contributed by atoms with Gasteiger partial charge in [-0.3, -0.25) is 4.90 Å². The van der Waals surface area contributed by atoms with Crippen LogP contribution in [-0.4, -0.2) is 77.8 Å². The molecule has 6 atom stereocenters. The third-order valence-electron chi connectivity index (χ3n) is 6.96. The van der Waals surface area contributed by atoms with Crippen molar-refractivity contribution < 1.29 is 17.9 Å². The molecular formula is C19H35N5O4S2. The average Bonchev–Trinajstić information content (AvgIpc) is 3.13. The van der Waals surface area contributed by atoms with Crippen molar-refractivity contribution in [1.29, 1.82) is 0 Å². The molecule has 6 unspecified atom stereocenters. The molecule has 2 aliphatic heterocycles. The Labute approximate surface area is 184 Å². The van der Waals surface area contributed by atoms with Gasteiger partial charge in [0.15, 0.2) is 0 Å². The van der Waals surface area contributed by atoms with E-state index in [1.807, 2.05) is 30.6 Å². The van der Waals surface area contributed by atoms with Gasteiger partial charge in [0.1, 0.15) is 5.50 Å². The molecule has 172 valence electrons. The van der Waals surface area contributed by atoms with Gasteiger partial charge >= 0.3 is 6.03 Å². The summed E-state index contributed by atoms with van der Waals surface area (Å²) in [5.41, 5.74) is 5.91. The normalized spacial score (nSPS) is 36.8. The van der Waals surface area contributed by atoms with Crippen LogP contribution in [0.3, 0.4) is 0 Å². The summed E-state index contributed by atoms with van der Waals surface area (Å²) in [6.45, 7) is 6.64. The van der Waals surface area contributed by atoms with E-state index in [0.29, 0.717) is 25.8 Å². The number of fused-ring (bicyclic) bond motifs is 1. The van der Waals surface area contributed by atoms with Crippen molar-refractivity contribution in [3.05, 3.63) is 0 Å². The molecule has 2 aliphatic carbocycles. The molecule has 0 aromatic heterocycles. The van der Waals surface area contributed by atoms with Gasteiger partial charge in [0, 0.05) is 19.2 Å². The minimum atomic E-state index is -3.41. The van der Waals surface area contributed by atoms with Crippen molar-refractivity contribution >= 4 is 27.8 Å². The van der Waals surface area contributed by atoms with Gasteiger partial charge in [-0.15, -0.1) is 11.8 Å². The van der Waals surface area contributed by atoms with Crippen molar-refractivity contribution in [3.8, 4) is 0 Å². The zero-order valence-electron chi connectivity index (χ0n) is 18.3. The Bertz CT molecular complexity index is 762. The Morgan fingerprint density at radius 2 is 2.03 bits per heavy atom. The van der Waals surface area contributed by atoms with Gasteiger partial charge in [-0.2, -0.15) is 0 Å². The molecule has 0 spiro atoms. The highest BCUT2D eigenvalue weighted by Gasteiger charge is 2.54. The van der Waals surface area contributed by atoms with Crippen LogP contribution >= 0.6 is 11.8 Å². The Hall–Kier alpha value is -0.590. The molecule has 11 heteroatoms. The largest absolute Gasteiger partial charge is 0.382 e. The molecule has 3 N–H and O–H groups in total. The number of carbonyl (C=O) groups is 1. The molecule has 0 bridgehead atoms. The highest BCUT2D eigenvalue weighted by Crippen LogP contribution is 2.41. The van der Waals surface area contributed by atoms with E-state index in [1.165, 1.54) is 0 Å². The molecule has 2 saturated carbocycles. The van der Waals surface area contributed by atoms with Crippen LogP contribution < -0.4 is 15.6 Å². The smallest absolute Gasteiger partial charge is 0.322 e. The number of nitrogens with zero attached hydrogens (tertiary/aromatic N) is 2. The predicted molar refractivity (Wildman–Crippen MR) is 117 cm³/mol. The van der Waals surface area contributed by atoms with Crippen LogP contribution in [0.5, 0.6) is 0 Å². The maximum absolute atomic E-state index is 13.4. The second-order valence-corrected chi connectivity index (χ2v) is 12.8. The van der Waals surface area contributed by atoms with E-state index in [-0.39, 0.29) is 40.6 Å². The van der Waals surface area contributed by atoms with E-state index in [9.17, 15) is 13.2 Å². The first-order valence-electron chi connectivity index (χ1n) is 10.9. The lowest BCUT2D eigenvalue weighted by Gasteiger charge is -2.37. The highest BCUT2D eigenvalue weighted by atomic mass is 32.2. The standard InChI is InChI=1S/C19H35N5O4S2/c1-12(28-4)7-10-23-15-6-5-14(30(26,27)22-19(3)8-9-19)11-16(15)24(18(23)25)17-21-20-13(2)29-17/h12-17,20-22H,5-11H2,1-4H3. The first-order valence-corrected chi connectivity index (χ1v) is 13.4. The van der Waals surface area contributed by atoms with Gasteiger partial charge in [-0.05, 0) is 59.3 Å². The van der Waals surface area contributed by atoms with Gasteiger partial charge in [-0.25, -0.2) is 28.8 Å². The van der Waals surface area contributed by atoms with Crippen LogP contribution in [0.25, 0.3) is 0 Å². The number of ether oxygens (including phenoxy) is 1. The maximum atomic E-state index is 13.4. The summed E-state index contributed by atoms with van der Waals surface area (Å²) in [5.74, 6) is 0. The van der Waals surface area contributed by atoms with Gasteiger partial charge in [0.05, 0.1) is 28.8 Å². The lowest BCUT2D eigenvalue weighted by Crippen LogP contribution is -2.53. The lowest BCUT2D eigenvalue weighted by molar-refractivity contribution is 0.0963. The summed E-state index contributed by atoms with van der Waals surface area (Å²) < 4.78 is 34.4. The van der Waals surface area contributed by atoms with Crippen LogP contribution in [0.1, 0.15) is 59.3 Å². The molecule has 2 saturated heterocycles.